The molecule has 0 radical (unpaired) electrons. The minimum absolute atomic E-state index is 0.00252. The standard InChI is InChI=1S/C16H22N2O3/c1-11(2)14(16(20)21-3)17-15(19)13-10-18(13)9-12-7-5-4-6-8-12/h4-8,11,13-14H,9-10H2,1-3H3,(H,17,19). The van der Waals surface area contributed by atoms with Gasteiger partial charge in [-0.25, -0.2) is 4.79 Å². The molecule has 2 rings (SSSR count). The summed E-state index contributed by atoms with van der Waals surface area (Å²) >= 11 is 0. The van der Waals surface area contributed by atoms with Gasteiger partial charge in [0.15, 0.2) is 0 Å². The van der Waals surface area contributed by atoms with Crippen molar-refractivity contribution in [2.24, 2.45) is 5.92 Å². The molecule has 1 amide bonds. The SMILES string of the molecule is COC(=O)C(NC(=O)C1CN1Cc1ccccc1)C(C)C. The number of carbonyl (C=O) groups is 2. The fourth-order valence-corrected chi connectivity index (χ4v) is 2.29. The highest BCUT2D eigenvalue weighted by Crippen LogP contribution is 2.21. The average molecular weight is 290 g/mol. The number of nitrogens with zero attached hydrogens (tertiary/aromatic N) is 1. The van der Waals surface area contributed by atoms with E-state index in [1.54, 1.807) is 0 Å². The van der Waals surface area contributed by atoms with E-state index in [9.17, 15) is 9.59 Å². The van der Waals surface area contributed by atoms with E-state index in [1.807, 2.05) is 44.2 Å². The second-order valence-electron chi connectivity index (χ2n) is 5.68. The van der Waals surface area contributed by atoms with E-state index in [-0.39, 0.29) is 17.9 Å². The smallest absolute Gasteiger partial charge is 0.328 e. The number of ether oxygens (including phenoxy) is 1. The predicted molar refractivity (Wildman–Crippen MR) is 79.4 cm³/mol. The van der Waals surface area contributed by atoms with Gasteiger partial charge in [-0.15, -0.1) is 0 Å². The van der Waals surface area contributed by atoms with E-state index in [4.69, 9.17) is 4.74 Å². The van der Waals surface area contributed by atoms with Crippen LogP contribution < -0.4 is 5.32 Å². The molecule has 5 nitrogen and oxygen atoms in total. The molecule has 114 valence electrons. The van der Waals surface area contributed by atoms with Gasteiger partial charge < -0.3 is 10.1 Å². The lowest BCUT2D eigenvalue weighted by molar-refractivity contribution is -0.146. The van der Waals surface area contributed by atoms with Crippen LogP contribution >= 0.6 is 0 Å². The van der Waals surface area contributed by atoms with Crippen molar-refractivity contribution in [2.45, 2.75) is 32.5 Å². The molecule has 1 aliphatic rings. The van der Waals surface area contributed by atoms with Crippen LogP contribution in [0.15, 0.2) is 30.3 Å². The summed E-state index contributed by atoms with van der Waals surface area (Å²) in [6.07, 6.45) is 0. The summed E-state index contributed by atoms with van der Waals surface area (Å²) in [5.74, 6) is -0.494. The van der Waals surface area contributed by atoms with Crippen LogP contribution in [0.1, 0.15) is 19.4 Å². The van der Waals surface area contributed by atoms with E-state index < -0.39 is 12.0 Å². The normalized spacial score (nSPS) is 21.7. The van der Waals surface area contributed by atoms with Crippen molar-refractivity contribution in [1.82, 2.24) is 10.2 Å². The molecule has 0 bridgehead atoms. The number of methoxy groups -OCH3 is 1. The number of benzene rings is 1. The maximum absolute atomic E-state index is 12.2. The van der Waals surface area contributed by atoms with Gasteiger partial charge in [0.05, 0.1) is 7.11 Å². The summed E-state index contributed by atoms with van der Waals surface area (Å²) < 4.78 is 4.73. The van der Waals surface area contributed by atoms with Crippen LogP contribution in [-0.2, 0) is 20.9 Å². The lowest BCUT2D eigenvalue weighted by Crippen LogP contribution is -2.47. The van der Waals surface area contributed by atoms with Gasteiger partial charge in [-0.3, -0.25) is 9.69 Å². The Morgan fingerprint density at radius 3 is 2.57 bits per heavy atom. The number of rotatable bonds is 6. The highest BCUT2D eigenvalue weighted by atomic mass is 16.5. The third-order valence-electron chi connectivity index (χ3n) is 3.67. The fourth-order valence-electron chi connectivity index (χ4n) is 2.29. The second kappa shape index (κ2) is 6.72. The largest absolute Gasteiger partial charge is 0.467 e. The zero-order valence-electron chi connectivity index (χ0n) is 12.7. The van der Waals surface area contributed by atoms with E-state index in [0.29, 0.717) is 0 Å². The second-order valence-corrected chi connectivity index (χ2v) is 5.68. The van der Waals surface area contributed by atoms with Gasteiger partial charge >= 0.3 is 5.97 Å². The third-order valence-corrected chi connectivity index (χ3v) is 3.67. The Labute approximate surface area is 125 Å². The van der Waals surface area contributed by atoms with Gasteiger partial charge in [-0.05, 0) is 11.5 Å². The van der Waals surface area contributed by atoms with Crippen molar-refractivity contribution in [3.63, 3.8) is 0 Å². The van der Waals surface area contributed by atoms with E-state index >= 15 is 0 Å². The maximum atomic E-state index is 12.2. The quantitative estimate of drug-likeness (QED) is 0.631. The summed E-state index contributed by atoms with van der Waals surface area (Å²) in [7, 11) is 1.34. The maximum Gasteiger partial charge on any atom is 0.328 e. The van der Waals surface area contributed by atoms with Crippen LogP contribution in [0.5, 0.6) is 0 Å². The molecule has 3 unspecified atom stereocenters. The summed E-state index contributed by atoms with van der Waals surface area (Å²) in [6.45, 7) is 5.25. The first kappa shape index (κ1) is 15.5. The first-order valence-electron chi connectivity index (χ1n) is 7.19. The molecule has 21 heavy (non-hydrogen) atoms. The van der Waals surface area contributed by atoms with Crippen LogP contribution in [0.3, 0.4) is 0 Å². The van der Waals surface area contributed by atoms with Gasteiger partial charge in [-0.1, -0.05) is 44.2 Å². The van der Waals surface area contributed by atoms with Crippen molar-refractivity contribution >= 4 is 11.9 Å². The number of hydrogen-bond acceptors (Lipinski definition) is 4. The Bertz CT molecular complexity index is 502. The molecule has 0 aromatic heterocycles. The van der Waals surface area contributed by atoms with Gasteiger partial charge in [-0.2, -0.15) is 0 Å². The molecule has 1 N–H and O–H groups in total. The van der Waals surface area contributed by atoms with Crippen LogP contribution in [-0.4, -0.2) is 42.5 Å². The molecule has 1 saturated heterocycles. The van der Waals surface area contributed by atoms with Crippen LogP contribution in [0.2, 0.25) is 0 Å². The Hall–Kier alpha value is -1.88. The number of hydrogen-bond donors (Lipinski definition) is 1. The van der Waals surface area contributed by atoms with Crippen LogP contribution in [0, 0.1) is 5.92 Å². The Balaban J connectivity index is 1.86. The van der Waals surface area contributed by atoms with E-state index in [1.165, 1.54) is 12.7 Å². The van der Waals surface area contributed by atoms with Crippen LogP contribution in [0.25, 0.3) is 0 Å². The first-order chi connectivity index (χ1) is 10.0. The fraction of sp³-hybridized carbons (Fsp3) is 0.500. The zero-order chi connectivity index (χ0) is 15.4. The molecule has 5 heteroatoms. The van der Waals surface area contributed by atoms with Crippen molar-refractivity contribution in [3.05, 3.63) is 35.9 Å². The third kappa shape index (κ3) is 4.04. The van der Waals surface area contributed by atoms with Crippen LogP contribution in [0.4, 0.5) is 0 Å². The van der Waals surface area contributed by atoms with Crippen molar-refractivity contribution < 1.29 is 14.3 Å². The van der Waals surface area contributed by atoms with Gasteiger partial charge in [0.25, 0.3) is 0 Å². The molecule has 0 spiro atoms. The van der Waals surface area contributed by atoms with Gasteiger partial charge in [0.1, 0.15) is 12.1 Å². The Morgan fingerprint density at radius 1 is 1.33 bits per heavy atom. The number of esters is 1. The molecule has 1 aliphatic heterocycles. The minimum atomic E-state index is -0.582. The lowest BCUT2D eigenvalue weighted by atomic mass is 10.0. The minimum Gasteiger partial charge on any atom is -0.467 e. The highest BCUT2D eigenvalue weighted by molar-refractivity contribution is 5.89. The van der Waals surface area contributed by atoms with Gasteiger partial charge in [0, 0.05) is 13.1 Å². The van der Waals surface area contributed by atoms with Crippen molar-refractivity contribution in [3.8, 4) is 0 Å². The summed E-state index contributed by atoms with van der Waals surface area (Å²) in [5.41, 5.74) is 1.18. The Morgan fingerprint density at radius 2 is 2.00 bits per heavy atom. The lowest BCUT2D eigenvalue weighted by Gasteiger charge is -2.19. The molecular weight excluding hydrogens is 268 g/mol. The molecule has 1 aromatic carbocycles. The molecule has 3 atom stereocenters. The molecule has 1 heterocycles. The Kier molecular flexibility index (Phi) is 4.96. The van der Waals surface area contributed by atoms with E-state index in [2.05, 4.69) is 10.2 Å². The monoisotopic (exact) mass is 290 g/mol. The molecule has 1 aromatic rings. The number of carbonyl (C=O) groups excluding carboxylic acids is 2. The predicted octanol–water partition coefficient (Wildman–Crippen LogP) is 1.18. The molecular formula is C16H22N2O3. The van der Waals surface area contributed by atoms with E-state index in [0.717, 1.165) is 13.1 Å². The first-order valence-corrected chi connectivity index (χ1v) is 7.19. The molecule has 0 saturated carbocycles. The zero-order valence-corrected chi connectivity index (χ0v) is 12.7. The molecule has 0 aliphatic carbocycles. The molecule has 1 fully saturated rings. The number of amides is 1. The van der Waals surface area contributed by atoms with Crippen molar-refractivity contribution in [2.75, 3.05) is 13.7 Å². The highest BCUT2D eigenvalue weighted by Gasteiger charge is 2.41. The summed E-state index contributed by atoms with van der Waals surface area (Å²) in [6, 6.07) is 9.30. The number of nitrogens with one attached hydrogen (secondary N) is 1. The van der Waals surface area contributed by atoms with Gasteiger partial charge in [0.2, 0.25) is 5.91 Å². The summed E-state index contributed by atoms with van der Waals surface area (Å²) in [5, 5.41) is 2.79. The van der Waals surface area contributed by atoms with Crippen molar-refractivity contribution in [1.29, 1.82) is 0 Å². The average Bonchev–Trinajstić information content (AvgIpc) is 3.23. The summed E-state index contributed by atoms with van der Waals surface area (Å²) in [4.78, 5) is 25.9. The topological polar surface area (TPSA) is 58.4 Å².